The van der Waals surface area contributed by atoms with Crippen molar-refractivity contribution in [3.8, 4) is 0 Å². The highest BCUT2D eigenvalue weighted by molar-refractivity contribution is 6.74. The number of hydrogen-bond donors (Lipinski definition) is 2. The monoisotopic (exact) mass is 438 g/mol. The molecule has 0 heterocycles. The van der Waals surface area contributed by atoms with Gasteiger partial charge >= 0.3 is 0 Å². The lowest BCUT2D eigenvalue weighted by molar-refractivity contribution is -0.0346. The van der Waals surface area contributed by atoms with E-state index < -0.39 is 14.6 Å². The van der Waals surface area contributed by atoms with Crippen LogP contribution in [0.1, 0.15) is 98.3 Å². The van der Waals surface area contributed by atoms with E-state index in [1.807, 2.05) is 0 Å². The van der Waals surface area contributed by atoms with Crippen LogP contribution in [0.15, 0.2) is 24.3 Å². The largest absolute Gasteiger partial charge is 0.393 e. The summed E-state index contributed by atoms with van der Waals surface area (Å²) in [5, 5.41) is 20.7. The van der Waals surface area contributed by atoms with Crippen molar-refractivity contribution in [1.29, 1.82) is 0 Å². The Morgan fingerprint density at radius 1 is 1.00 bits per heavy atom. The summed E-state index contributed by atoms with van der Waals surface area (Å²) in [6, 6.07) is 0. The van der Waals surface area contributed by atoms with E-state index in [1.165, 1.54) is 32.1 Å². The highest BCUT2D eigenvalue weighted by Gasteiger charge is 2.38. The summed E-state index contributed by atoms with van der Waals surface area (Å²) in [4.78, 5) is 0. The molecule has 0 radical (unpaired) electrons. The Bertz CT molecular complexity index is 507. The summed E-state index contributed by atoms with van der Waals surface area (Å²) in [6.07, 6.45) is 20.3. The van der Waals surface area contributed by atoms with Gasteiger partial charge in [-0.15, -0.1) is 0 Å². The van der Waals surface area contributed by atoms with E-state index in [1.54, 1.807) is 0 Å². The number of rotatable bonds is 14. The molecule has 0 aliphatic heterocycles. The maximum absolute atomic E-state index is 10.4. The Hall–Kier alpha value is -0.423. The first-order valence-electron chi connectivity index (χ1n) is 12.4. The molecule has 30 heavy (non-hydrogen) atoms. The van der Waals surface area contributed by atoms with Crippen molar-refractivity contribution in [3.05, 3.63) is 24.3 Å². The minimum atomic E-state index is -1.90. The highest BCUT2D eigenvalue weighted by atomic mass is 28.4. The van der Waals surface area contributed by atoms with Crippen molar-refractivity contribution in [2.45, 2.75) is 129 Å². The molecule has 1 rings (SSSR count). The van der Waals surface area contributed by atoms with Crippen LogP contribution in [0.5, 0.6) is 0 Å². The highest BCUT2D eigenvalue weighted by Crippen LogP contribution is 2.38. The first kappa shape index (κ1) is 27.6. The van der Waals surface area contributed by atoms with E-state index >= 15 is 0 Å². The quantitative estimate of drug-likeness (QED) is 0.129. The molecule has 0 aromatic rings. The van der Waals surface area contributed by atoms with Crippen LogP contribution in [0.2, 0.25) is 18.1 Å². The molecule has 3 nitrogen and oxygen atoms in total. The average Bonchev–Trinajstić information content (AvgIpc) is 2.99. The molecule has 0 aromatic carbocycles. The van der Waals surface area contributed by atoms with E-state index in [4.69, 9.17) is 4.43 Å². The number of aliphatic hydroxyl groups excluding tert-OH is 2. The van der Waals surface area contributed by atoms with Crippen molar-refractivity contribution in [2.75, 3.05) is 0 Å². The lowest BCUT2D eigenvalue weighted by Crippen LogP contribution is -2.43. The van der Waals surface area contributed by atoms with Crippen LogP contribution in [0.25, 0.3) is 0 Å². The Morgan fingerprint density at radius 2 is 1.70 bits per heavy atom. The predicted molar refractivity (Wildman–Crippen MR) is 132 cm³/mol. The second-order valence-corrected chi connectivity index (χ2v) is 15.5. The van der Waals surface area contributed by atoms with Gasteiger partial charge in [0, 0.05) is 0 Å². The molecular formula is C26H50O3Si. The molecule has 0 aromatic heterocycles. The Labute approximate surface area is 188 Å². The zero-order valence-corrected chi connectivity index (χ0v) is 21.7. The normalized spacial score (nSPS) is 24.3. The summed E-state index contributed by atoms with van der Waals surface area (Å²) in [5.41, 5.74) is 0. The number of unbranched alkanes of at least 4 members (excludes halogenated alkanes) is 5. The van der Waals surface area contributed by atoms with E-state index in [0.717, 1.165) is 32.1 Å². The molecule has 4 heteroatoms. The summed E-state index contributed by atoms with van der Waals surface area (Å²) in [5.74, 6) is 0.885. The van der Waals surface area contributed by atoms with Crippen LogP contribution in [0.3, 0.4) is 0 Å². The van der Waals surface area contributed by atoms with Gasteiger partial charge in [0.15, 0.2) is 8.32 Å². The van der Waals surface area contributed by atoms with Crippen LogP contribution in [0, 0.1) is 11.8 Å². The van der Waals surface area contributed by atoms with Gasteiger partial charge in [0.2, 0.25) is 0 Å². The van der Waals surface area contributed by atoms with Crippen molar-refractivity contribution in [1.82, 2.24) is 0 Å². The van der Waals surface area contributed by atoms with Crippen molar-refractivity contribution < 1.29 is 14.6 Å². The molecular weight excluding hydrogens is 388 g/mol. The fraction of sp³-hybridized carbons (Fsp3) is 0.846. The number of allylic oxidation sites excluding steroid dienone is 4. The third-order valence-electron chi connectivity index (χ3n) is 7.08. The maximum Gasteiger partial charge on any atom is 0.195 e. The molecule has 0 spiro atoms. The molecule has 2 unspecified atom stereocenters. The zero-order valence-electron chi connectivity index (χ0n) is 20.7. The third kappa shape index (κ3) is 10.3. The van der Waals surface area contributed by atoms with Gasteiger partial charge in [-0.05, 0) is 81.3 Å². The number of hydrogen-bond acceptors (Lipinski definition) is 3. The van der Waals surface area contributed by atoms with Crippen molar-refractivity contribution in [3.63, 3.8) is 0 Å². The molecule has 1 aliphatic carbocycles. The van der Waals surface area contributed by atoms with Gasteiger partial charge in [-0.3, -0.25) is 0 Å². The van der Waals surface area contributed by atoms with Crippen LogP contribution >= 0.6 is 0 Å². The summed E-state index contributed by atoms with van der Waals surface area (Å²) in [7, 11) is -1.90. The van der Waals surface area contributed by atoms with E-state index in [0.29, 0.717) is 18.3 Å². The molecule has 1 saturated carbocycles. The summed E-state index contributed by atoms with van der Waals surface area (Å²) >= 11 is 0. The van der Waals surface area contributed by atoms with Crippen LogP contribution < -0.4 is 0 Å². The molecule has 0 bridgehead atoms. The SMILES string of the molecule is CCCCCCC=C[C@H]1CCC(O)[C@@H]1CC=CCCCC(O)O[Si](C)(C)C(C)(C)C. The minimum absolute atomic E-state index is 0.122. The van der Waals surface area contributed by atoms with E-state index in [9.17, 15) is 10.2 Å². The van der Waals surface area contributed by atoms with Crippen molar-refractivity contribution in [2.24, 2.45) is 11.8 Å². The molecule has 0 saturated heterocycles. The Kier molecular flexibility index (Phi) is 12.8. The van der Waals surface area contributed by atoms with Gasteiger partial charge in [0.05, 0.1) is 6.10 Å². The third-order valence-corrected chi connectivity index (χ3v) is 11.6. The molecule has 4 atom stereocenters. The summed E-state index contributed by atoms with van der Waals surface area (Å²) in [6.45, 7) is 13.2. The van der Waals surface area contributed by atoms with Crippen LogP contribution in [-0.4, -0.2) is 30.9 Å². The minimum Gasteiger partial charge on any atom is -0.393 e. The first-order valence-corrected chi connectivity index (χ1v) is 15.3. The predicted octanol–water partition coefficient (Wildman–Crippen LogP) is 7.36. The molecule has 2 N–H and O–H groups in total. The zero-order chi connectivity index (χ0) is 22.6. The second kappa shape index (κ2) is 13.9. The Balaban J connectivity index is 2.29. The topological polar surface area (TPSA) is 49.7 Å². The fourth-order valence-electron chi connectivity index (χ4n) is 3.96. The fourth-order valence-corrected chi connectivity index (χ4v) is 5.12. The standard InChI is InChI=1S/C26H50O3Si/c1-7-8-9-10-11-14-17-22-20-21-24(27)23(22)18-15-12-13-16-19-25(28)29-30(5,6)26(2,3)4/h12,14-15,17,22-25,27-28H,7-11,13,16,18-21H2,1-6H3/t22-,23+,24?,25?/m0/s1. The van der Waals surface area contributed by atoms with E-state index in [-0.39, 0.29) is 11.1 Å². The molecule has 176 valence electrons. The second-order valence-electron chi connectivity index (χ2n) is 10.7. The first-order chi connectivity index (χ1) is 14.1. The molecule has 1 aliphatic rings. The number of aliphatic hydroxyl groups is 2. The van der Waals surface area contributed by atoms with Gasteiger partial charge in [-0.1, -0.05) is 71.3 Å². The van der Waals surface area contributed by atoms with Gasteiger partial charge in [-0.25, -0.2) is 0 Å². The van der Waals surface area contributed by atoms with Gasteiger partial charge < -0.3 is 14.6 Å². The van der Waals surface area contributed by atoms with Crippen molar-refractivity contribution >= 4 is 8.32 Å². The van der Waals surface area contributed by atoms with Gasteiger partial charge in [0.25, 0.3) is 0 Å². The van der Waals surface area contributed by atoms with Crippen LogP contribution in [0.4, 0.5) is 0 Å². The summed E-state index contributed by atoms with van der Waals surface area (Å²) < 4.78 is 6.02. The smallest absolute Gasteiger partial charge is 0.195 e. The maximum atomic E-state index is 10.4. The van der Waals surface area contributed by atoms with Gasteiger partial charge in [-0.2, -0.15) is 0 Å². The van der Waals surface area contributed by atoms with Crippen LogP contribution in [-0.2, 0) is 4.43 Å². The van der Waals surface area contributed by atoms with Gasteiger partial charge in [0.1, 0.15) is 6.29 Å². The average molecular weight is 439 g/mol. The lowest BCUT2D eigenvalue weighted by atomic mass is 9.90. The lowest BCUT2D eigenvalue weighted by Gasteiger charge is -2.37. The molecule has 1 fully saturated rings. The van der Waals surface area contributed by atoms with E-state index in [2.05, 4.69) is 65.1 Å². The molecule has 0 amide bonds. The Morgan fingerprint density at radius 3 is 2.37 bits per heavy atom.